The van der Waals surface area contributed by atoms with E-state index in [0.717, 1.165) is 17.9 Å². The van der Waals surface area contributed by atoms with E-state index in [0.29, 0.717) is 19.0 Å². The second-order valence-electron chi connectivity index (χ2n) is 5.56. The van der Waals surface area contributed by atoms with Crippen LogP contribution >= 0.6 is 24.0 Å². The summed E-state index contributed by atoms with van der Waals surface area (Å²) < 4.78 is 5.49. The van der Waals surface area contributed by atoms with Crippen molar-refractivity contribution in [3.8, 4) is 5.88 Å². The SMILES string of the molecule is CCCOc1ccc(CNC(=NC)NC(C)c2ccccc2)cn1.I. The quantitative estimate of drug-likeness (QED) is 0.379. The number of nitrogens with one attached hydrogen (secondary N) is 2. The van der Waals surface area contributed by atoms with Crippen LogP contribution in [0.3, 0.4) is 0 Å². The first kappa shape index (κ1) is 21.2. The molecule has 0 fully saturated rings. The van der Waals surface area contributed by atoms with Gasteiger partial charge in [-0.15, -0.1) is 24.0 Å². The number of nitrogens with zero attached hydrogens (tertiary/aromatic N) is 2. The van der Waals surface area contributed by atoms with Gasteiger partial charge in [0, 0.05) is 25.9 Å². The summed E-state index contributed by atoms with van der Waals surface area (Å²) in [6, 6.07) is 14.4. The molecule has 0 bridgehead atoms. The first-order valence-corrected chi connectivity index (χ1v) is 8.32. The van der Waals surface area contributed by atoms with Gasteiger partial charge in [0.05, 0.1) is 12.6 Å². The molecule has 1 unspecified atom stereocenters. The number of hydrogen-bond donors (Lipinski definition) is 2. The number of hydrogen-bond acceptors (Lipinski definition) is 3. The van der Waals surface area contributed by atoms with Gasteiger partial charge in [-0.25, -0.2) is 4.98 Å². The van der Waals surface area contributed by atoms with Gasteiger partial charge in [-0.3, -0.25) is 4.99 Å². The number of guanidine groups is 1. The molecule has 2 rings (SSSR count). The number of benzene rings is 1. The van der Waals surface area contributed by atoms with E-state index in [1.807, 2.05) is 36.5 Å². The maximum atomic E-state index is 5.49. The predicted molar refractivity (Wildman–Crippen MR) is 114 cm³/mol. The molecule has 25 heavy (non-hydrogen) atoms. The number of pyridine rings is 1. The minimum atomic E-state index is 0. The Labute approximate surface area is 167 Å². The second kappa shape index (κ2) is 11.7. The Hall–Kier alpha value is -1.83. The van der Waals surface area contributed by atoms with E-state index in [2.05, 4.69) is 46.6 Å². The predicted octanol–water partition coefficient (Wildman–Crippen LogP) is 3.91. The monoisotopic (exact) mass is 454 g/mol. The van der Waals surface area contributed by atoms with Crippen LogP contribution in [0.5, 0.6) is 5.88 Å². The number of ether oxygens (including phenoxy) is 1. The molecular formula is C19H27IN4O. The number of halogens is 1. The summed E-state index contributed by atoms with van der Waals surface area (Å²) in [5.74, 6) is 1.43. The molecule has 0 amide bonds. The van der Waals surface area contributed by atoms with Crippen LogP contribution in [0, 0.1) is 0 Å². The van der Waals surface area contributed by atoms with Gasteiger partial charge in [-0.1, -0.05) is 43.3 Å². The van der Waals surface area contributed by atoms with Crippen LogP contribution in [0.1, 0.15) is 37.4 Å². The van der Waals surface area contributed by atoms with Crippen molar-refractivity contribution < 1.29 is 4.74 Å². The van der Waals surface area contributed by atoms with Crippen LogP contribution in [0.25, 0.3) is 0 Å². The van der Waals surface area contributed by atoms with Crippen LogP contribution in [0.4, 0.5) is 0 Å². The van der Waals surface area contributed by atoms with Crippen molar-refractivity contribution in [2.75, 3.05) is 13.7 Å². The molecule has 0 aliphatic rings. The maximum Gasteiger partial charge on any atom is 0.213 e. The van der Waals surface area contributed by atoms with E-state index in [1.54, 1.807) is 7.05 Å². The molecule has 136 valence electrons. The Morgan fingerprint density at radius 3 is 2.56 bits per heavy atom. The average Bonchev–Trinajstić information content (AvgIpc) is 2.64. The van der Waals surface area contributed by atoms with Gasteiger partial charge < -0.3 is 15.4 Å². The van der Waals surface area contributed by atoms with E-state index in [1.165, 1.54) is 5.56 Å². The van der Waals surface area contributed by atoms with E-state index in [-0.39, 0.29) is 30.0 Å². The number of aliphatic imine (C=N–C) groups is 1. The summed E-state index contributed by atoms with van der Waals surface area (Å²) in [6.07, 6.45) is 2.80. The van der Waals surface area contributed by atoms with Gasteiger partial charge >= 0.3 is 0 Å². The summed E-state index contributed by atoms with van der Waals surface area (Å²) >= 11 is 0. The Balaban J connectivity index is 0.00000312. The Bertz CT molecular complexity index is 632. The smallest absolute Gasteiger partial charge is 0.213 e. The first-order valence-electron chi connectivity index (χ1n) is 8.32. The molecule has 2 N–H and O–H groups in total. The van der Waals surface area contributed by atoms with E-state index < -0.39 is 0 Å². The van der Waals surface area contributed by atoms with Crippen molar-refractivity contribution in [1.29, 1.82) is 0 Å². The molecular weight excluding hydrogens is 427 g/mol. The molecule has 1 aromatic carbocycles. The third kappa shape index (κ3) is 7.29. The molecule has 0 radical (unpaired) electrons. The van der Waals surface area contributed by atoms with E-state index in [9.17, 15) is 0 Å². The lowest BCUT2D eigenvalue weighted by Gasteiger charge is -2.18. The Morgan fingerprint density at radius 1 is 1.20 bits per heavy atom. The highest BCUT2D eigenvalue weighted by atomic mass is 127. The summed E-state index contributed by atoms with van der Waals surface area (Å²) in [5, 5.41) is 6.69. The van der Waals surface area contributed by atoms with Crippen molar-refractivity contribution in [3.63, 3.8) is 0 Å². The van der Waals surface area contributed by atoms with Crippen molar-refractivity contribution >= 4 is 29.9 Å². The fourth-order valence-electron chi connectivity index (χ4n) is 2.22. The highest BCUT2D eigenvalue weighted by Crippen LogP contribution is 2.11. The summed E-state index contributed by atoms with van der Waals surface area (Å²) in [6.45, 7) is 5.54. The minimum absolute atomic E-state index is 0. The molecule has 0 spiro atoms. The van der Waals surface area contributed by atoms with E-state index in [4.69, 9.17) is 4.74 Å². The zero-order valence-corrected chi connectivity index (χ0v) is 17.4. The van der Waals surface area contributed by atoms with Crippen LogP contribution in [-0.4, -0.2) is 24.6 Å². The van der Waals surface area contributed by atoms with Crippen LogP contribution in [-0.2, 0) is 6.54 Å². The highest BCUT2D eigenvalue weighted by Gasteiger charge is 2.07. The minimum Gasteiger partial charge on any atom is -0.478 e. The lowest BCUT2D eigenvalue weighted by Crippen LogP contribution is -2.38. The molecule has 1 aromatic heterocycles. The van der Waals surface area contributed by atoms with Crippen LogP contribution in [0.2, 0.25) is 0 Å². The van der Waals surface area contributed by atoms with Crippen molar-refractivity contribution in [2.45, 2.75) is 32.9 Å². The van der Waals surface area contributed by atoms with Crippen molar-refractivity contribution in [3.05, 3.63) is 59.8 Å². The fraction of sp³-hybridized carbons (Fsp3) is 0.368. The van der Waals surface area contributed by atoms with Gasteiger partial charge in [-0.2, -0.15) is 0 Å². The third-order valence-electron chi connectivity index (χ3n) is 3.59. The zero-order valence-electron chi connectivity index (χ0n) is 15.0. The Kier molecular flexibility index (Phi) is 9.91. The normalized spacial score (nSPS) is 12.0. The second-order valence-corrected chi connectivity index (χ2v) is 5.56. The zero-order chi connectivity index (χ0) is 17.2. The van der Waals surface area contributed by atoms with Gasteiger partial charge in [0.2, 0.25) is 5.88 Å². The maximum absolute atomic E-state index is 5.49. The average molecular weight is 454 g/mol. The van der Waals surface area contributed by atoms with Gasteiger partial charge in [0.15, 0.2) is 5.96 Å². The van der Waals surface area contributed by atoms with Crippen molar-refractivity contribution in [1.82, 2.24) is 15.6 Å². The van der Waals surface area contributed by atoms with Crippen LogP contribution < -0.4 is 15.4 Å². The highest BCUT2D eigenvalue weighted by molar-refractivity contribution is 14.0. The molecule has 0 saturated heterocycles. The standard InChI is InChI=1S/C19H26N4O.HI/c1-4-12-24-18-11-10-16(13-21-18)14-22-19(20-3)23-15(2)17-8-6-5-7-9-17;/h5-11,13,15H,4,12,14H2,1-3H3,(H2,20,22,23);1H. The molecule has 1 atom stereocenters. The van der Waals surface area contributed by atoms with Gasteiger partial charge in [0.1, 0.15) is 0 Å². The first-order chi connectivity index (χ1) is 11.7. The molecule has 0 aliphatic heterocycles. The molecule has 0 saturated carbocycles. The molecule has 1 heterocycles. The summed E-state index contributed by atoms with van der Waals surface area (Å²) in [7, 11) is 1.77. The fourth-order valence-corrected chi connectivity index (χ4v) is 2.22. The Morgan fingerprint density at radius 2 is 1.96 bits per heavy atom. The van der Waals surface area contributed by atoms with E-state index >= 15 is 0 Å². The number of aromatic nitrogens is 1. The summed E-state index contributed by atoms with van der Waals surface area (Å²) in [4.78, 5) is 8.58. The largest absolute Gasteiger partial charge is 0.478 e. The van der Waals surface area contributed by atoms with Crippen LogP contribution in [0.15, 0.2) is 53.7 Å². The molecule has 2 aromatic rings. The lowest BCUT2D eigenvalue weighted by atomic mass is 10.1. The van der Waals surface area contributed by atoms with Gasteiger partial charge in [-0.05, 0) is 24.5 Å². The van der Waals surface area contributed by atoms with Crippen molar-refractivity contribution in [2.24, 2.45) is 4.99 Å². The molecule has 5 nitrogen and oxygen atoms in total. The molecule has 0 aliphatic carbocycles. The lowest BCUT2D eigenvalue weighted by molar-refractivity contribution is 0.305. The van der Waals surface area contributed by atoms with Gasteiger partial charge in [0.25, 0.3) is 0 Å². The molecule has 6 heteroatoms. The summed E-state index contributed by atoms with van der Waals surface area (Å²) in [5.41, 5.74) is 2.30. The topological polar surface area (TPSA) is 58.5 Å². The third-order valence-corrected chi connectivity index (χ3v) is 3.59. The number of rotatable bonds is 7.